The second kappa shape index (κ2) is 7.65. The van der Waals surface area contributed by atoms with Crippen LogP contribution in [0, 0.1) is 0 Å². The number of hydrogen-bond acceptors (Lipinski definition) is 5. The van der Waals surface area contributed by atoms with Crippen LogP contribution in [0.15, 0.2) is 52.7 Å². The van der Waals surface area contributed by atoms with E-state index in [9.17, 15) is 9.59 Å². The fourth-order valence-corrected chi connectivity index (χ4v) is 5.50. The molecular formula is C22H19N3O2S2. The van der Waals surface area contributed by atoms with Gasteiger partial charge in [-0.15, -0.1) is 23.1 Å². The summed E-state index contributed by atoms with van der Waals surface area (Å²) in [7, 11) is 0. The number of thiazole rings is 1. The molecule has 1 aromatic heterocycles. The molecule has 1 aliphatic carbocycles. The fourth-order valence-electron chi connectivity index (χ4n) is 3.82. The Morgan fingerprint density at radius 2 is 2.00 bits per heavy atom. The number of aromatic nitrogens is 1. The summed E-state index contributed by atoms with van der Waals surface area (Å²) in [6, 6.07) is 14.2. The molecule has 0 radical (unpaired) electrons. The lowest BCUT2D eigenvalue weighted by Crippen LogP contribution is -2.41. The van der Waals surface area contributed by atoms with Gasteiger partial charge in [0.2, 0.25) is 11.8 Å². The number of nitrogens with zero attached hydrogens (tertiary/aromatic N) is 2. The number of aryl methyl sites for hydroxylation is 2. The number of thioether (sulfide) groups is 1. The second-order valence-corrected chi connectivity index (χ2v) is 9.03. The third kappa shape index (κ3) is 3.68. The fraction of sp³-hybridized carbons (Fsp3) is 0.227. The van der Waals surface area contributed by atoms with Crippen LogP contribution in [-0.4, -0.2) is 29.1 Å². The van der Waals surface area contributed by atoms with Crippen LogP contribution >= 0.6 is 23.1 Å². The number of fused-ring (bicyclic) bond motifs is 2. The largest absolute Gasteiger partial charge is 0.301 e. The Morgan fingerprint density at radius 1 is 1.14 bits per heavy atom. The van der Waals surface area contributed by atoms with Crippen molar-refractivity contribution in [2.24, 2.45) is 0 Å². The van der Waals surface area contributed by atoms with Gasteiger partial charge in [0.05, 0.1) is 17.1 Å². The summed E-state index contributed by atoms with van der Waals surface area (Å²) in [6.45, 7) is -0.00976. The molecule has 5 rings (SSSR count). The Hall–Kier alpha value is -2.64. The van der Waals surface area contributed by atoms with Crippen LogP contribution in [0.3, 0.4) is 0 Å². The molecule has 5 nitrogen and oxygen atoms in total. The van der Waals surface area contributed by atoms with Gasteiger partial charge in [-0.1, -0.05) is 24.3 Å². The van der Waals surface area contributed by atoms with Crippen molar-refractivity contribution in [3.63, 3.8) is 0 Å². The molecule has 2 heterocycles. The Kier molecular flexibility index (Phi) is 4.85. The van der Waals surface area contributed by atoms with Crippen LogP contribution in [-0.2, 0) is 22.4 Å². The molecule has 1 N–H and O–H groups in total. The van der Waals surface area contributed by atoms with Crippen molar-refractivity contribution in [1.82, 2.24) is 4.98 Å². The second-order valence-electron chi connectivity index (χ2n) is 7.16. The zero-order valence-electron chi connectivity index (χ0n) is 15.7. The first-order valence-corrected chi connectivity index (χ1v) is 11.4. The first-order valence-electron chi connectivity index (χ1n) is 9.57. The van der Waals surface area contributed by atoms with Crippen LogP contribution < -0.4 is 10.2 Å². The summed E-state index contributed by atoms with van der Waals surface area (Å²) < 4.78 is 0. The average molecular weight is 422 g/mol. The minimum absolute atomic E-state index is 0.00976. The molecule has 146 valence electrons. The highest BCUT2D eigenvalue weighted by atomic mass is 32.2. The van der Waals surface area contributed by atoms with Crippen molar-refractivity contribution in [1.29, 1.82) is 0 Å². The first-order chi connectivity index (χ1) is 14.2. The van der Waals surface area contributed by atoms with Crippen molar-refractivity contribution < 1.29 is 9.59 Å². The number of hydrogen-bond donors (Lipinski definition) is 1. The highest BCUT2D eigenvalue weighted by Gasteiger charge is 2.26. The normalized spacial score (nSPS) is 15.2. The Balaban J connectivity index is 1.29. The lowest BCUT2D eigenvalue weighted by molar-refractivity contribution is -0.120. The Bertz CT molecular complexity index is 1110. The smallest absolute Gasteiger partial charge is 0.246 e. The van der Waals surface area contributed by atoms with Gasteiger partial charge in [-0.25, -0.2) is 4.98 Å². The molecule has 0 atom stereocenters. The van der Waals surface area contributed by atoms with Gasteiger partial charge in [-0.3, -0.25) is 9.59 Å². The van der Waals surface area contributed by atoms with Crippen molar-refractivity contribution in [3.8, 4) is 11.3 Å². The molecule has 0 spiro atoms. The molecule has 2 aromatic carbocycles. The maximum atomic E-state index is 12.6. The zero-order valence-corrected chi connectivity index (χ0v) is 17.3. The van der Waals surface area contributed by atoms with E-state index < -0.39 is 0 Å². The number of carbonyl (C=O) groups is 2. The van der Waals surface area contributed by atoms with E-state index in [0.29, 0.717) is 10.9 Å². The van der Waals surface area contributed by atoms with Crippen LogP contribution in [0.5, 0.6) is 0 Å². The molecule has 0 bridgehead atoms. The van der Waals surface area contributed by atoms with E-state index >= 15 is 0 Å². The third-order valence-corrected chi connectivity index (χ3v) is 7.06. The molecule has 0 fully saturated rings. The Morgan fingerprint density at radius 3 is 2.93 bits per heavy atom. The van der Waals surface area contributed by atoms with E-state index in [1.54, 1.807) is 4.90 Å². The van der Waals surface area contributed by atoms with E-state index in [2.05, 4.69) is 28.5 Å². The quantitative estimate of drug-likeness (QED) is 0.679. The van der Waals surface area contributed by atoms with E-state index in [1.807, 2.05) is 29.6 Å². The van der Waals surface area contributed by atoms with E-state index in [-0.39, 0.29) is 18.4 Å². The number of nitrogens with one attached hydrogen (secondary N) is 1. The van der Waals surface area contributed by atoms with Crippen LogP contribution in [0.4, 0.5) is 10.8 Å². The predicted octanol–water partition coefficient (Wildman–Crippen LogP) is 4.38. The van der Waals surface area contributed by atoms with Gasteiger partial charge in [-0.05, 0) is 48.6 Å². The number of anilines is 2. The molecule has 2 aliphatic rings. The van der Waals surface area contributed by atoms with Gasteiger partial charge in [-0.2, -0.15) is 0 Å². The minimum Gasteiger partial charge on any atom is -0.301 e. The standard InChI is InChI=1S/C22H19N3O2S2/c26-20(11-25-18-6-1-2-7-19(18)28-13-21(25)27)24-22-23-17(12-29-22)16-9-8-14-4-3-5-15(14)10-16/h1-2,6-10,12H,3-5,11,13H2,(H,23,24,26). The monoisotopic (exact) mass is 421 g/mol. The number of para-hydroxylation sites is 1. The molecule has 0 unspecified atom stereocenters. The topological polar surface area (TPSA) is 62.3 Å². The molecule has 2 amide bonds. The maximum absolute atomic E-state index is 12.6. The van der Waals surface area contributed by atoms with Gasteiger partial charge in [0.1, 0.15) is 6.54 Å². The zero-order chi connectivity index (χ0) is 19.8. The van der Waals surface area contributed by atoms with Crippen molar-refractivity contribution in [3.05, 3.63) is 59.0 Å². The predicted molar refractivity (Wildman–Crippen MR) is 118 cm³/mol. The number of amides is 2. The first kappa shape index (κ1) is 18.4. The van der Waals surface area contributed by atoms with Gasteiger partial charge in [0.25, 0.3) is 0 Å². The molecule has 0 saturated heterocycles. The molecule has 29 heavy (non-hydrogen) atoms. The van der Waals surface area contributed by atoms with E-state index in [4.69, 9.17) is 0 Å². The summed E-state index contributed by atoms with van der Waals surface area (Å²) >= 11 is 2.91. The van der Waals surface area contributed by atoms with E-state index in [1.165, 1.54) is 40.6 Å². The number of rotatable bonds is 4. The van der Waals surface area contributed by atoms with Crippen LogP contribution in [0.25, 0.3) is 11.3 Å². The minimum atomic E-state index is -0.241. The average Bonchev–Trinajstić information content (AvgIpc) is 3.39. The van der Waals surface area contributed by atoms with Crippen molar-refractivity contribution in [2.45, 2.75) is 24.2 Å². The molecule has 0 saturated carbocycles. The highest BCUT2D eigenvalue weighted by Crippen LogP contribution is 2.35. The van der Waals surface area contributed by atoms with Crippen molar-refractivity contribution >= 4 is 45.7 Å². The number of carbonyl (C=O) groups excluding carboxylic acids is 2. The summed E-state index contributed by atoms with van der Waals surface area (Å²) in [5.41, 5.74) is 5.58. The summed E-state index contributed by atoms with van der Waals surface area (Å²) in [5.74, 6) is 0.0565. The van der Waals surface area contributed by atoms with Gasteiger partial charge in [0.15, 0.2) is 5.13 Å². The lowest BCUT2D eigenvalue weighted by atomic mass is 10.1. The summed E-state index contributed by atoms with van der Waals surface area (Å²) in [4.78, 5) is 32.1. The SMILES string of the molecule is O=C(CN1C(=O)CSc2ccccc21)Nc1nc(-c2ccc3c(c2)CCC3)cs1. The maximum Gasteiger partial charge on any atom is 0.246 e. The van der Waals surface area contributed by atoms with E-state index in [0.717, 1.165) is 34.7 Å². The van der Waals surface area contributed by atoms with Gasteiger partial charge in [0, 0.05) is 15.8 Å². The number of benzene rings is 2. The van der Waals surface area contributed by atoms with Crippen LogP contribution in [0.1, 0.15) is 17.5 Å². The third-order valence-electron chi connectivity index (χ3n) is 5.25. The molecule has 7 heteroatoms. The van der Waals surface area contributed by atoms with Crippen LogP contribution in [0.2, 0.25) is 0 Å². The summed E-state index contributed by atoms with van der Waals surface area (Å²) in [6.07, 6.45) is 3.50. The molecule has 3 aromatic rings. The van der Waals surface area contributed by atoms with Gasteiger partial charge >= 0.3 is 0 Å². The summed E-state index contributed by atoms with van der Waals surface area (Å²) in [5, 5.41) is 5.37. The molecule has 1 aliphatic heterocycles. The molecular weight excluding hydrogens is 402 g/mol. The highest BCUT2D eigenvalue weighted by molar-refractivity contribution is 8.00. The lowest BCUT2D eigenvalue weighted by Gasteiger charge is -2.28. The Labute approximate surface area is 177 Å². The van der Waals surface area contributed by atoms with Crippen molar-refractivity contribution in [2.75, 3.05) is 22.5 Å². The van der Waals surface area contributed by atoms with Gasteiger partial charge < -0.3 is 10.2 Å².